The van der Waals surface area contributed by atoms with Gasteiger partial charge in [0, 0.05) is 12.1 Å². The molecule has 0 aromatic heterocycles. The average molecular weight is 126 g/mol. The molecule has 0 radical (unpaired) electrons. The van der Waals surface area contributed by atoms with E-state index >= 15 is 0 Å². The summed E-state index contributed by atoms with van der Waals surface area (Å²) < 4.78 is 12.2. The van der Waals surface area contributed by atoms with Gasteiger partial charge >= 0.3 is 0 Å². The van der Waals surface area contributed by atoms with Crippen LogP contribution in [0, 0.1) is 5.82 Å². The first-order valence-corrected chi connectivity index (χ1v) is 2.88. The monoisotopic (exact) mass is 126 g/mol. The number of quaternary nitrogens is 1. The van der Waals surface area contributed by atoms with Crippen LogP contribution in [0.3, 0.4) is 0 Å². The quantitative estimate of drug-likeness (QED) is 0.532. The smallest absolute Gasteiger partial charge is 0.129 e. The molecule has 2 N–H and O–H groups in total. The maximum Gasteiger partial charge on any atom is 0.129 e. The molecule has 0 aliphatic rings. The highest BCUT2D eigenvalue weighted by Crippen LogP contribution is 2.00. The summed E-state index contributed by atoms with van der Waals surface area (Å²) in [5, 5.41) is 1.93. The van der Waals surface area contributed by atoms with E-state index in [1.54, 1.807) is 12.1 Å². The van der Waals surface area contributed by atoms with Crippen molar-refractivity contribution < 1.29 is 9.71 Å². The summed E-state index contributed by atoms with van der Waals surface area (Å²) in [5.41, 5.74) is 1.05. The molecule has 0 aliphatic carbocycles. The fraction of sp³-hybridized carbons (Fsp3) is 0.143. The minimum atomic E-state index is -0.180. The van der Waals surface area contributed by atoms with Crippen LogP contribution in [0.25, 0.3) is 0 Å². The topological polar surface area (TPSA) is 16.6 Å². The number of benzene rings is 1. The highest BCUT2D eigenvalue weighted by atomic mass is 19.1. The molecule has 48 valence electrons. The maximum atomic E-state index is 12.2. The molecule has 9 heavy (non-hydrogen) atoms. The van der Waals surface area contributed by atoms with Gasteiger partial charge in [-0.3, -0.25) is 0 Å². The van der Waals surface area contributed by atoms with Gasteiger partial charge in [-0.1, -0.05) is 0 Å². The van der Waals surface area contributed by atoms with Crippen LogP contribution in [0.1, 0.15) is 0 Å². The molecular weight excluding hydrogens is 117 g/mol. The lowest BCUT2D eigenvalue weighted by atomic mass is 10.3. The molecule has 0 fully saturated rings. The normalized spacial score (nSPS) is 9.56. The van der Waals surface area contributed by atoms with Crippen LogP contribution in [-0.4, -0.2) is 7.05 Å². The first-order chi connectivity index (χ1) is 4.33. The molecule has 0 spiro atoms. The van der Waals surface area contributed by atoms with Crippen LogP contribution in [0.4, 0.5) is 10.1 Å². The summed E-state index contributed by atoms with van der Waals surface area (Å²) in [5.74, 6) is -0.180. The first-order valence-electron chi connectivity index (χ1n) is 2.88. The average Bonchev–Trinajstić information content (AvgIpc) is 1.90. The Balaban J connectivity index is 2.88. The maximum absolute atomic E-state index is 12.2. The largest absolute Gasteiger partial charge is 0.316 e. The molecule has 1 aromatic rings. The third-order valence-corrected chi connectivity index (χ3v) is 1.20. The van der Waals surface area contributed by atoms with Crippen LogP contribution in [-0.2, 0) is 0 Å². The standard InChI is InChI=1S/C7H8FN/c1-9-7-4-2-6(8)3-5-7/h2-5,9H,1H3/p+1. The lowest BCUT2D eigenvalue weighted by molar-refractivity contribution is -0.539. The van der Waals surface area contributed by atoms with E-state index in [-0.39, 0.29) is 5.82 Å². The molecule has 0 aliphatic heterocycles. The minimum absolute atomic E-state index is 0.180. The van der Waals surface area contributed by atoms with Crippen molar-refractivity contribution in [3.05, 3.63) is 30.1 Å². The summed E-state index contributed by atoms with van der Waals surface area (Å²) in [4.78, 5) is 0. The molecule has 1 aromatic carbocycles. The Bertz CT molecular complexity index is 181. The van der Waals surface area contributed by atoms with Gasteiger partial charge in [0.2, 0.25) is 0 Å². The second-order valence-electron chi connectivity index (χ2n) is 1.84. The zero-order chi connectivity index (χ0) is 6.69. The summed E-state index contributed by atoms with van der Waals surface area (Å²) >= 11 is 0. The number of hydrogen-bond acceptors (Lipinski definition) is 0. The van der Waals surface area contributed by atoms with Gasteiger partial charge in [0.05, 0.1) is 7.05 Å². The number of nitrogens with two attached hydrogens (primary N) is 1. The van der Waals surface area contributed by atoms with Gasteiger partial charge in [0.15, 0.2) is 0 Å². The van der Waals surface area contributed by atoms with Crippen molar-refractivity contribution >= 4 is 5.69 Å². The van der Waals surface area contributed by atoms with Crippen molar-refractivity contribution in [2.24, 2.45) is 0 Å². The minimum Gasteiger partial charge on any atom is -0.316 e. The van der Waals surface area contributed by atoms with E-state index in [1.165, 1.54) is 12.1 Å². The third-order valence-electron chi connectivity index (χ3n) is 1.20. The molecule has 0 saturated carbocycles. The van der Waals surface area contributed by atoms with Gasteiger partial charge in [0.1, 0.15) is 11.5 Å². The van der Waals surface area contributed by atoms with E-state index in [4.69, 9.17) is 0 Å². The lowest BCUT2D eigenvalue weighted by Crippen LogP contribution is -2.72. The van der Waals surface area contributed by atoms with E-state index in [9.17, 15) is 4.39 Å². The van der Waals surface area contributed by atoms with Gasteiger partial charge in [-0.05, 0) is 12.1 Å². The molecule has 2 heteroatoms. The van der Waals surface area contributed by atoms with Crippen LogP contribution < -0.4 is 5.32 Å². The van der Waals surface area contributed by atoms with Crippen molar-refractivity contribution in [1.29, 1.82) is 0 Å². The lowest BCUT2D eigenvalue weighted by Gasteiger charge is -1.90. The summed E-state index contributed by atoms with van der Waals surface area (Å²) in [6.07, 6.45) is 0. The molecule has 1 rings (SSSR count). The predicted molar refractivity (Wildman–Crippen MR) is 33.9 cm³/mol. The molecule has 1 nitrogen and oxygen atoms in total. The van der Waals surface area contributed by atoms with Crippen LogP contribution in [0.15, 0.2) is 24.3 Å². The molecule has 0 unspecified atom stereocenters. The zero-order valence-electron chi connectivity index (χ0n) is 5.26. The third kappa shape index (κ3) is 1.50. The number of hydrogen-bond donors (Lipinski definition) is 1. The van der Waals surface area contributed by atoms with Gasteiger partial charge in [-0.2, -0.15) is 0 Å². The van der Waals surface area contributed by atoms with Crippen molar-refractivity contribution in [2.75, 3.05) is 7.05 Å². The van der Waals surface area contributed by atoms with E-state index in [0.717, 1.165) is 5.69 Å². The summed E-state index contributed by atoms with van der Waals surface area (Å²) in [6, 6.07) is 6.40. The van der Waals surface area contributed by atoms with E-state index < -0.39 is 0 Å². The molecule has 0 bridgehead atoms. The molecule has 0 saturated heterocycles. The highest BCUT2D eigenvalue weighted by Gasteiger charge is 1.90. The van der Waals surface area contributed by atoms with Crippen LogP contribution >= 0.6 is 0 Å². The van der Waals surface area contributed by atoms with E-state index in [1.807, 2.05) is 12.4 Å². The Morgan fingerprint density at radius 3 is 2.22 bits per heavy atom. The van der Waals surface area contributed by atoms with Crippen LogP contribution in [0.2, 0.25) is 0 Å². The fourth-order valence-corrected chi connectivity index (χ4v) is 0.655. The molecule has 0 amide bonds. The molecular formula is C7H9FN+. The second-order valence-corrected chi connectivity index (χ2v) is 1.84. The number of halogens is 1. The summed E-state index contributed by atoms with van der Waals surface area (Å²) in [7, 11) is 1.92. The van der Waals surface area contributed by atoms with Gasteiger partial charge in [0.25, 0.3) is 0 Å². The van der Waals surface area contributed by atoms with Gasteiger partial charge in [-0.15, -0.1) is 0 Å². The van der Waals surface area contributed by atoms with Crippen molar-refractivity contribution in [3.8, 4) is 0 Å². The number of rotatable bonds is 1. The van der Waals surface area contributed by atoms with E-state index in [0.29, 0.717) is 0 Å². The van der Waals surface area contributed by atoms with Gasteiger partial charge < -0.3 is 5.32 Å². The van der Waals surface area contributed by atoms with E-state index in [2.05, 4.69) is 0 Å². The predicted octanol–water partition coefficient (Wildman–Crippen LogP) is 0.650. The first kappa shape index (κ1) is 6.23. The highest BCUT2D eigenvalue weighted by molar-refractivity contribution is 5.27. The Morgan fingerprint density at radius 1 is 1.22 bits per heavy atom. The van der Waals surface area contributed by atoms with Crippen LogP contribution in [0.5, 0.6) is 0 Å². The second kappa shape index (κ2) is 2.60. The van der Waals surface area contributed by atoms with Crippen molar-refractivity contribution in [1.82, 2.24) is 0 Å². The summed E-state index contributed by atoms with van der Waals surface area (Å²) in [6.45, 7) is 0. The van der Waals surface area contributed by atoms with Crippen molar-refractivity contribution in [2.45, 2.75) is 0 Å². The van der Waals surface area contributed by atoms with Gasteiger partial charge in [-0.25, -0.2) is 4.39 Å². The Hall–Kier alpha value is -0.890. The Kier molecular flexibility index (Phi) is 1.80. The Labute approximate surface area is 53.5 Å². The molecule has 0 atom stereocenters. The SMILES string of the molecule is C[NH2+]c1ccc(F)cc1. The zero-order valence-corrected chi connectivity index (χ0v) is 5.26. The van der Waals surface area contributed by atoms with Crippen molar-refractivity contribution in [3.63, 3.8) is 0 Å². The fourth-order valence-electron chi connectivity index (χ4n) is 0.655. The Morgan fingerprint density at radius 2 is 1.78 bits per heavy atom. The molecule has 0 heterocycles.